The summed E-state index contributed by atoms with van der Waals surface area (Å²) in [6.45, 7) is 7.62. The van der Waals surface area contributed by atoms with E-state index in [1.54, 1.807) is 0 Å². The first-order valence-electron chi connectivity index (χ1n) is 11.2. The van der Waals surface area contributed by atoms with Gasteiger partial charge in [-0.05, 0) is 45.9 Å². The molecule has 0 spiro atoms. The number of benzene rings is 3. The monoisotopic (exact) mass is 446 g/mol. The van der Waals surface area contributed by atoms with Gasteiger partial charge in [-0.2, -0.15) is 0 Å². The van der Waals surface area contributed by atoms with Gasteiger partial charge in [-0.1, -0.05) is 86.1 Å². The fourth-order valence-electron chi connectivity index (χ4n) is 4.62. The Balaban J connectivity index is 1.69. The maximum absolute atomic E-state index is 7.94. The van der Waals surface area contributed by atoms with Crippen LogP contribution in [0.25, 0.3) is 11.1 Å². The number of nitrogens with one attached hydrogen (secondary N) is 1. The van der Waals surface area contributed by atoms with Gasteiger partial charge in [-0.25, -0.2) is 0 Å². The molecule has 166 valence electrons. The largest absolute Gasteiger partial charge is 0.370 e. The van der Waals surface area contributed by atoms with Crippen LogP contribution < -0.4 is 5.73 Å². The molecule has 1 saturated heterocycles. The number of nitrogens with zero attached hydrogens (tertiary/aromatic N) is 2. The van der Waals surface area contributed by atoms with Gasteiger partial charge in [0, 0.05) is 31.2 Å². The molecule has 0 aliphatic carbocycles. The van der Waals surface area contributed by atoms with Crippen LogP contribution in [0.5, 0.6) is 0 Å². The normalized spacial score (nSPS) is 17.0. The highest BCUT2D eigenvalue weighted by molar-refractivity contribution is 6.30. The fraction of sp³-hybridized carbons (Fsp3) is 0.296. The van der Waals surface area contributed by atoms with Crippen molar-refractivity contribution in [1.29, 1.82) is 5.41 Å². The summed E-state index contributed by atoms with van der Waals surface area (Å²) in [5, 5.41) is 8.67. The van der Waals surface area contributed by atoms with Gasteiger partial charge in [0.2, 0.25) is 0 Å². The van der Waals surface area contributed by atoms with E-state index >= 15 is 0 Å². The number of halogens is 1. The molecule has 5 heteroatoms. The molecule has 4 nitrogen and oxygen atoms in total. The number of rotatable bonds is 5. The smallest absolute Gasteiger partial charge is 0.188 e. The molecule has 1 fully saturated rings. The molecular weight excluding hydrogens is 416 g/mol. The van der Waals surface area contributed by atoms with Gasteiger partial charge < -0.3 is 10.6 Å². The summed E-state index contributed by atoms with van der Waals surface area (Å²) in [6.07, 6.45) is 0. The van der Waals surface area contributed by atoms with E-state index in [1.165, 1.54) is 27.8 Å². The molecule has 0 radical (unpaired) electrons. The Hall–Kier alpha value is -2.82. The first kappa shape index (κ1) is 22.4. The van der Waals surface area contributed by atoms with Crippen molar-refractivity contribution in [1.82, 2.24) is 9.80 Å². The number of hydrogen-bond donors (Lipinski definition) is 2. The van der Waals surface area contributed by atoms with E-state index in [0.29, 0.717) is 12.5 Å². The molecule has 1 heterocycles. The Morgan fingerprint density at radius 1 is 0.969 bits per heavy atom. The Morgan fingerprint density at radius 3 is 2.31 bits per heavy atom. The topological polar surface area (TPSA) is 56.4 Å². The molecule has 4 rings (SSSR count). The molecule has 1 aliphatic rings. The van der Waals surface area contributed by atoms with Gasteiger partial charge in [0.25, 0.3) is 0 Å². The predicted molar refractivity (Wildman–Crippen MR) is 134 cm³/mol. The molecule has 1 atom stereocenters. The second-order valence-electron chi connectivity index (χ2n) is 8.77. The summed E-state index contributed by atoms with van der Waals surface area (Å²) >= 11 is 6.15. The molecule has 3 N–H and O–H groups in total. The van der Waals surface area contributed by atoms with Crippen LogP contribution in [0, 0.1) is 5.41 Å². The van der Waals surface area contributed by atoms with Crippen molar-refractivity contribution in [2.24, 2.45) is 5.73 Å². The molecule has 0 saturated carbocycles. The molecule has 3 aromatic carbocycles. The van der Waals surface area contributed by atoms with E-state index in [2.05, 4.69) is 79.4 Å². The quantitative estimate of drug-likeness (QED) is 0.380. The van der Waals surface area contributed by atoms with E-state index < -0.39 is 0 Å². The summed E-state index contributed by atoms with van der Waals surface area (Å²) in [5.74, 6) is 0.593. The van der Waals surface area contributed by atoms with Gasteiger partial charge in [0.05, 0.1) is 6.04 Å². The molecular formula is C27H31ClN4. The third-order valence-corrected chi connectivity index (χ3v) is 6.60. The predicted octanol–water partition coefficient (Wildman–Crippen LogP) is 5.88. The van der Waals surface area contributed by atoms with Crippen molar-refractivity contribution in [2.75, 3.05) is 19.6 Å². The van der Waals surface area contributed by atoms with Crippen LogP contribution in [0.4, 0.5) is 0 Å². The van der Waals surface area contributed by atoms with Gasteiger partial charge >= 0.3 is 0 Å². The Labute approximate surface area is 196 Å². The van der Waals surface area contributed by atoms with E-state index in [1.807, 2.05) is 17.0 Å². The van der Waals surface area contributed by atoms with Crippen LogP contribution in [-0.4, -0.2) is 35.4 Å². The minimum atomic E-state index is 0.134. The molecule has 0 bridgehead atoms. The first-order valence-corrected chi connectivity index (χ1v) is 11.6. The van der Waals surface area contributed by atoms with Crippen molar-refractivity contribution in [2.45, 2.75) is 32.4 Å². The number of hydrogen-bond acceptors (Lipinski definition) is 2. The standard InChI is InChI=1S/C27H31ClN4/c1-19(2)23-8-5-6-10-25(23)24-9-4-3-7-21(24)17-31-15-16-32(27(29)30)18-26(31)20-11-13-22(28)14-12-20/h3-14,19,26H,15-18H2,1-2H3,(H3,29,30). The maximum atomic E-state index is 7.94. The minimum absolute atomic E-state index is 0.134. The van der Waals surface area contributed by atoms with Gasteiger partial charge in [0.15, 0.2) is 5.96 Å². The second kappa shape index (κ2) is 9.76. The molecule has 1 unspecified atom stereocenters. The van der Waals surface area contributed by atoms with Crippen molar-refractivity contribution in [3.05, 3.63) is 94.5 Å². The summed E-state index contributed by atoms with van der Waals surface area (Å²) in [7, 11) is 0. The highest BCUT2D eigenvalue weighted by atomic mass is 35.5. The summed E-state index contributed by atoms with van der Waals surface area (Å²) in [4.78, 5) is 4.45. The Morgan fingerprint density at radius 2 is 1.62 bits per heavy atom. The van der Waals surface area contributed by atoms with Crippen LogP contribution in [0.2, 0.25) is 5.02 Å². The van der Waals surface area contributed by atoms with Gasteiger partial charge in [-0.3, -0.25) is 10.3 Å². The molecule has 3 aromatic rings. The average Bonchev–Trinajstić information content (AvgIpc) is 2.80. The SMILES string of the molecule is CC(C)c1ccccc1-c1ccccc1CN1CCN(C(=N)N)CC1c1ccc(Cl)cc1. The fourth-order valence-corrected chi connectivity index (χ4v) is 4.74. The third-order valence-electron chi connectivity index (χ3n) is 6.35. The van der Waals surface area contributed by atoms with Crippen molar-refractivity contribution >= 4 is 17.6 Å². The molecule has 1 aliphatic heterocycles. The molecule has 0 amide bonds. The zero-order chi connectivity index (χ0) is 22.7. The lowest BCUT2D eigenvalue weighted by molar-refractivity contribution is 0.104. The summed E-state index contributed by atoms with van der Waals surface area (Å²) in [6, 6.07) is 25.6. The van der Waals surface area contributed by atoms with Crippen LogP contribution in [0.3, 0.4) is 0 Å². The number of nitrogens with two attached hydrogens (primary N) is 1. The van der Waals surface area contributed by atoms with Gasteiger partial charge in [0.1, 0.15) is 0 Å². The number of guanidine groups is 1. The highest BCUT2D eigenvalue weighted by Crippen LogP contribution is 2.34. The van der Waals surface area contributed by atoms with Crippen molar-refractivity contribution in [3.8, 4) is 11.1 Å². The van der Waals surface area contributed by atoms with Crippen LogP contribution >= 0.6 is 11.6 Å². The third kappa shape index (κ3) is 4.82. The van der Waals surface area contributed by atoms with E-state index in [-0.39, 0.29) is 12.0 Å². The number of piperazine rings is 1. The molecule has 32 heavy (non-hydrogen) atoms. The Kier molecular flexibility index (Phi) is 6.83. The first-order chi connectivity index (χ1) is 15.4. The lowest BCUT2D eigenvalue weighted by atomic mass is 9.90. The zero-order valence-electron chi connectivity index (χ0n) is 18.8. The lowest BCUT2D eigenvalue weighted by Crippen LogP contribution is -2.51. The maximum Gasteiger partial charge on any atom is 0.188 e. The summed E-state index contributed by atoms with van der Waals surface area (Å²) in [5.41, 5.74) is 12.3. The van der Waals surface area contributed by atoms with Gasteiger partial charge in [-0.15, -0.1) is 0 Å². The van der Waals surface area contributed by atoms with Crippen molar-refractivity contribution in [3.63, 3.8) is 0 Å². The van der Waals surface area contributed by atoms with Crippen LogP contribution in [0.15, 0.2) is 72.8 Å². The Bertz CT molecular complexity index is 1080. The van der Waals surface area contributed by atoms with E-state index in [0.717, 1.165) is 24.7 Å². The summed E-state index contributed by atoms with van der Waals surface area (Å²) < 4.78 is 0. The van der Waals surface area contributed by atoms with E-state index in [9.17, 15) is 0 Å². The minimum Gasteiger partial charge on any atom is -0.370 e. The van der Waals surface area contributed by atoms with Crippen molar-refractivity contribution < 1.29 is 0 Å². The van der Waals surface area contributed by atoms with Crippen LogP contribution in [-0.2, 0) is 6.54 Å². The zero-order valence-corrected chi connectivity index (χ0v) is 19.5. The average molecular weight is 447 g/mol. The molecule has 0 aromatic heterocycles. The lowest BCUT2D eigenvalue weighted by Gasteiger charge is -2.42. The second-order valence-corrected chi connectivity index (χ2v) is 9.20. The van der Waals surface area contributed by atoms with E-state index in [4.69, 9.17) is 22.7 Å². The van der Waals surface area contributed by atoms with Crippen LogP contribution in [0.1, 0.15) is 42.5 Å². The highest BCUT2D eigenvalue weighted by Gasteiger charge is 2.29.